The van der Waals surface area contributed by atoms with Crippen molar-refractivity contribution in [3.63, 3.8) is 0 Å². The molecule has 14 heavy (non-hydrogen) atoms. The Balaban J connectivity index is 2.96. The highest BCUT2D eigenvalue weighted by Crippen LogP contribution is 2.23. The minimum absolute atomic E-state index is 0.128. The molecule has 0 saturated heterocycles. The Morgan fingerprint density at radius 1 is 1.64 bits per heavy atom. The van der Waals surface area contributed by atoms with Crippen molar-refractivity contribution in [3.05, 3.63) is 22.4 Å². The van der Waals surface area contributed by atoms with Crippen LogP contribution in [0.2, 0.25) is 0 Å². The fourth-order valence-corrected chi connectivity index (χ4v) is 1.44. The summed E-state index contributed by atoms with van der Waals surface area (Å²) in [6.45, 7) is -0.180. The SMILES string of the molecule is O=C(CCl)Nc1cncc(Br)c1CO. The fourth-order valence-electron chi connectivity index (χ4n) is 0.914. The minimum Gasteiger partial charge on any atom is -0.392 e. The van der Waals surface area contributed by atoms with E-state index < -0.39 is 0 Å². The first-order chi connectivity index (χ1) is 6.69. The average molecular weight is 280 g/mol. The second kappa shape index (κ2) is 5.29. The van der Waals surface area contributed by atoms with Crippen LogP contribution in [-0.4, -0.2) is 21.9 Å². The Hall–Kier alpha value is -0.650. The molecule has 0 aliphatic heterocycles. The summed E-state index contributed by atoms with van der Waals surface area (Å²) in [5.41, 5.74) is 1.05. The lowest BCUT2D eigenvalue weighted by Crippen LogP contribution is -2.14. The van der Waals surface area contributed by atoms with Crippen LogP contribution in [0.1, 0.15) is 5.56 Å². The standard InChI is InChI=1S/C8H8BrClN2O2/c9-6-2-11-3-7(5(6)4-13)12-8(14)1-10/h2-3,13H,1,4H2,(H,12,14). The summed E-state index contributed by atoms with van der Waals surface area (Å²) in [6.07, 6.45) is 3.00. The summed E-state index contributed by atoms with van der Waals surface area (Å²) in [5, 5.41) is 11.6. The van der Waals surface area contributed by atoms with Gasteiger partial charge in [-0.1, -0.05) is 0 Å². The highest BCUT2D eigenvalue weighted by molar-refractivity contribution is 9.10. The number of nitrogens with one attached hydrogen (secondary N) is 1. The monoisotopic (exact) mass is 278 g/mol. The lowest BCUT2D eigenvalue weighted by Gasteiger charge is -2.08. The number of anilines is 1. The molecule has 1 amide bonds. The molecule has 0 aromatic carbocycles. The molecule has 1 heterocycles. The fraction of sp³-hybridized carbons (Fsp3) is 0.250. The van der Waals surface area contributed by atoms with Gasteiger partial charge in [0.25, 0.3) is 0 Å². The topological polar surface area (TPSA) is 62.2 Å². The van der Waals surface area contributed by atoms with E-state index >= 15 is 0 Å². The van der Waals surface area contributed by atoms with Gasteiger partial charge < -0.3 is 10.4 Å². The lowest BCUT2D eigenvalue weighted by molar-refractivity contribution is -0.113. The van der Waals surface area contributed by atoms with Gasteiger partial charge >= 0.3 is 0 Å². The van der Waals surface area contributed by atoms with E-state index in [9.17, 15) is 4.79 Å². The second-order valence-electron chi connectivity index (χ2n) is 2.49. The van der Waals surface area contributed by atoms with E-state index in [0.29, 0.717) is 15.7 Å². The van der Waals surface area contributed by atoms with Crippen LogP contribution in [0.25, 0.3) is 0 Å². The van der Waals surface area contributed by atoms with Gasteiger partial charge in [-0.15, -0.1) is 11.6 Å². The average Bonchev–Trinajstić information content (AvgIpc) is 2.18. The third kappa shape index (κ3) is 2.67. The van der Waals surface area contributed by atoms with Crippen LogP contribution in [-0.2, 0) is 11.4 Å². The summed E-state index contributed by atoms with van der Waals surface area (Å²) in [7, 11) is 0. The number of halogens is 2. The number of amides is 1. The molecule has 0 atom stereocenters. The van der Waals surface area contributed by atoms with E-state index in [4.69, 9.17) is 16.7 Å². The van der Waals surface area contributed by atoms with E-state index in [1.54, 1.807) is 6.20 Å². The molecule has 1 aromatic rings. The van der Waals surface area contributed by atoms with E-state index in [1.807, 2.05) is 0 Å². The van der Waals surface area contributed by atoms with Crippen molar-refractivity contribution in [1.82, 2.24) is 4.98 Å². The van der Waals surface area contributed by atoms with Gasteiger partial charge in [-0.25, -0.2) is 0 Å². The number of aliphatic hydroxyl groups is 1. The molecular formula is C8H8BrClN2O2. The largest absolute Gasteiger partial charge is 0.392 e. The van der Waals surface area contributed by atoms with Gasteiger partial charge in [0.1, 0.15) is 5.88 Å². The van der Waals surface area contributed by atoms with Crippen molar-refractivity contribution in [3.8, 4) is 0 Å². The Morgan fingerprint density at radius 2 is 2.36 bits per heavy atom. The van der Waals surface area contributed by atoms with Crippen molar-refractivity contribution in [2.45, 2.75) is 6.61 Å². The van der Waals surface area contributed by atoms with Gasteiger partial charge in [-0.05, 0) is 15.9 Å². The number of alkyl halides is 1. The van der Waals surface area contributed by atoms with Crippen molar-refractivity contribution >= 4 is 39.1 Å². The van der Waals surface area contributed by atoms with Gasteiger partial charge in [-0.2, -0.15) is 0 Å². The summed E-state index contributed by atoms with van der Waals surface area (Å²) in [6, 6.07) is 0. The molecule has 0 aliphatic carbocycles. The van der Waals surface area contributed by atoms with Crippen molar-refractivity contribution < 1.29 is 9.90 Å². The Bertz CT molecular complexity index is 346. The van der Waals surface area contributed by atoms with Gasteiger partial charge in [0.2, 0.25) is 5.91 Å². The van der Waals surface area contributed by atoms with Gasteiger partial charge in [-0.3, -0.25) is 9.78 Å². The molecule has 0 saturated carbocycles. The molecule has 4 nitrogen and oxygen atoms in total. The van der Waals surface area contributed by atoms with Crippen LogP contribution in [0.3, 0.4) is 0 Å². The Labute approximate surface area is 94.4 Å². The number of nitrogens with zero attached hydrogens (tertiary/aromatic N) is 1. The maximum Gasteiger partial charge on any atom is 0.239 e. The maximum atomic E-state index is 11.0. The molecule has 0 aliphatic rings. The van der Waals surface area contributed by atoms with Crippen LogP contribution in [0.5, 0.6) is 0 Å². The van der Waals surface area contributed by atoms with Gasteiger partial charge in [0, 0.05) is 16.2 Å². The van der Waals surface area contributed by atoms with E-state index in [0.717, 1.165) is 0 Å². The van der Waals surface area contributed by atoms with E-state index in [-0.39, 0.29) is 18.4 Å². The zero-order chi connectivity index (χ0) is 10.6. The number of pyridine rings is 1. The summed E-state index contributed by atoms with van der Waals surface area (Å²) in [4.78, 5) is 14.9. The smallest absolute Gasteiger partial charge is 0.239 e. The minimum atomic E-state index is -0.332. The predicted molar refractivity (Wildman–Crippen MR) is 57.2 cm³/mol. The number of aromatic nitrogens is 1. The molecule has 0 fully saturated rings. The quantitative estimate of drug-likeness (QED) is 0.825. The third-order valence-electron chi connectivity index (χ3n) is 1.56. The molecule has 1 rings (SSSR count). The molecule has 6 heteroatoms. The van der Waals surface area contributed by atoms with Crippen LogP contribution in [0, 0.1) is 0 Å². The Morgan fingerprint density at radius 3 is 2.93 bits per heavy atom. The summed E-state index contributed by atoms with van der Waals surface area (Å²) >= 11 is 8.54. The molecule has 76 valence electrons. The number of carbonyl (C=O) groups is 1. The lowest BCUT2D eigenvalue weighted by atomic mass is 10.2. The highest BCUT2D eigenvalue weighted by atomic mass is 79.9. The van der Waals surface area contributed by atoms with Crippen molar-refractivity contribution in [1.29, 1.82) is 0 Å². The molecule has 2 N–H and O–H groups in total. The zero-order valence-electron chi connectivity index (χ0n) is 7.13. The summed E-state index contributed by atoms with van der Waals surface area (Å²) < 4.78 is 0.646. The van der Waals surface area contributed by atoms with Crippen LogP contribution in [0.15, 0.2) is 16.9 Å². The number of carbonyl (C=O) groups excluding carboxylic acids is 1. The molecule has 0 unspecified atom stereocenters. The third-order valence-corrected chi connectivity index (χ3v) is 2.48. The predicted octanol–water partition coefficient (Wildman–Crippen LogP) is 1.51. The van der Waals surface area contributed by atoms with Gasteiger partial charge in [0.05, 0.1) is 18.5 Å². The highest BCUT2D eigenvalue weighted by Gasteiger charge is 2.08. The van der Waals surface area contributed by atoms with Crippen LogP contribution >= 0.6 is 27.5 Å². The van der Waals surface area contributed by atoms with Gasteiger partial charge in [0.15, 0.2) is 0 Å². The molecule has 0 spiro atoms. The van der Waals surface area contributed by atoms with E-state index in [1.165, 1.54) is 6.20 Å². The molecule has 1 aromatic heterocycles. The Kier molecular flexibility index (Phi) is 4.31. The first-order valence-corrected chi connectivity index (χ1v) is 5.10. The first kappa shape index (κ1) is 11.4. The summed E-state index contributed by atoms with van der Waals surface area (Å²) in [5.74, 6) is -0.460. The number of aliphatic hydroxyl groups excluding tert-OH is 1. The second-order valence-corrected chi connectivity index (χ2v) is 3.61. The molecule has 0 bridgehead atoms. The normalized spacial score (nSPS) is 9.93. The van der Waals surface area contributed by atoms with E-state index in [2.05, 4.69) is 26.2 Å². The molecule has 0 radical (unpaired) electrons. The van der Waals surface area contributed by atoms with Crippen molar-refractivity contribution in [2.24, 2.45) is 0 Å². The zero-order valence-corrected chi connectivity index (χ0v) is 9.47. The number of rotatable bonds is 3. The maximum absolute atomic E-state index is 11.0. The van der Waals surface area contributed by atoms with Crippen LogP contribution < -0.4 is 5.32 Å². The molecular weight excluding hydrogens is 271 g/mol. The number of hydrogen-bond acceptors (Lipinski definition) is 3. The first-order valence-electron chi connectivity index (χ1n) is 3.78. The van der Waals surface area contributed by atoms with Crippen LogP contribution in [0.4, 0.5) is 5.69 Å². The van der Waals surface area contributed by atoms with Crippen molar-refractivity contribution in [2.75, 3.05) is 11.2 Å². The number of hydrogen-bond donors (Lipinski definition) is 2.